The molecule has 4 aliphatic rings. The quantitative estimate of drug-likeness (QED) is 0.225. The lowest BCUT2D eigenvalue weighted by atomic mass is 9.95. The number of ether oxygens (including phenoxy) is 1. The molecule has 0 bridgehead atoms. The highest BCUT2D eigenvalue weighted by atomic mass is 19.1. The third kappa shape index (κ3) is 6.88. The van der Waals surface area contributed by atoms with Crippen LogP contribution in [0.2, 0.25) is 0 Å². The molecule has 0 saturated carbocycles. The molecular weight excluding hydrogens is 678 g/mol. The summed E-state index contributed by atoms with van der Waals surface area (Å²) in [5, 5.41) is 17.3. The van der Waals surface area contributed by atoms with Crippen molar-refractivity contribution in [2.24, 2.45) is 0 Å². The molecule has 2 saturated heterocycles. The van der Waals surface area contributed by atoms with Crippen molar-refractivity contribution in [3.63, 3.8) is 0 Å². The van der Waals surface area contributed by atoms with Gasteiger partial charge in [-0.15, -0.1) is 0 Å². The van der Waals surface area contributed by atoms with Gasteiger partial charge in [0.15, 0.2) is 0 Å². The van der Waals surface area contributed by atoms with Crippen molar-refractivity contribution >= 4 is 28.2 Å². The van der Waals surface area contributed by atoms with Crippen molar-refractivity contribution in [1.82, 2.24) is 29.5 Å². The second kappa shape index (κ2) is 14.4. The fraction of sp³-hybridized carbons (Fsp3) is 0.550. The number of hydrogen-bond acceptors (Lipinski definition) is 9. The Morgan fingerprint density at radius 2 is 1.94 bits per heavy atom. The predicted molar refractivity (Wildman–Crippen MR) is 200 cm³/mol. The first kappa shape index (κ1) is 35.5. The van der Waals surface area contributed by atoms with E-state index in [0.29, 0.717) is 64.0 Å². The van der Waals surface area contributed by atoms with Crippen molar-refractivity contribution in [3.8, 4) is 11.8 Å². The van der Waals surface area contributed by atoms with Crippen LogP contribution in [-0.4, -0.2) is 99.2 Å². The van der Waals surface area contributed by atoms with Gasteiger partial charge in [-0.05, 0) is 80.6 Å². The van der Waals surface area contributed by atoms with E-state index in [9.17, 15) is 14.3 Å². The second-order valence-corrected chi connectivity index (χ2v) is 15.5. The van der Waals surface area contributed by atoms with Crippen LogP contribution in [-0.2, 0) is 43.7 Å². The Labute approximate surface area is 309 Å². The van der Waals surface area contributed by atoms with Gasteiger partial charge in [-0.3, -0.25) is 14.4 Å². The van der Waals surface area contributed by atoms with Gasteiger partial charge < -0.3 is 24.5 Å². The Kier molecular flexibility index (Phi) is 9.63. The van der Waals surface area contributed by atoms with Crippen molar-refractivity contribution in [2.45, 2.75) is 96.1 Å². The molecule has 1 N–H and O–H groups in total. The summed E-state index contributed by atoms with van der Waals surface area (Å²) < 4.78 is 38.4. The van der Waals surface area contributed by atoms with E-state index < -0.39 is 6.17 Å². The number of rotatable bonds is 10. The van der Waals surface area contributed by atoms with Crippen LogP contribution in [0.1, 0.15) is 73.7 Å². The summed E-state index contributed by atoms with van der Waals surface area (Å²) in [6.07, 6.45) is 5.55. The largest absolute Gasteiger partial charge is 0.508 e. The number of phenolic OH excluding ortho intramolecular Hbond substituents is 1. The van der Waals surface area contributed by atoms with Crippen molar-refractivity contribution in [1.29, 1.82) is 0 Å². The minimum atomic E-state index is -0.859. The summed E-state index contributed by atoms with van der Waals surface area (Å²) in [5.41, 5.74) is 5.05. The lowest BCUT2D eigenvalue weighted by Crippen LogP contribution is -2.43. The molecule has 0 spiro atoms. The van der Waals surface area contributed by atoms with Gasteiger partial charge in [-0.2, -0.15) is 15.1 Å². The third-order valence-electron chi connectivity index (χ3n) is 11.8. The fourth-order valence-electron chi connectivity index (χ4n) is 9.11. The van der Waals surface area contributed by atoms with Gasteiger partial charge in [-0.1, -0.05) is 13.0 Å². The van der Waals surface area contributed by atoms with Crippen LogP contribution < -0.4 is 14.5 Å². The first-order chi connectivity index (χ1) is 25.6. The molecule has 282 valence electrons. The normalized spacial score (nSPS) is 21.4. The molecular formula is C40H50F2N8O3. The van der Waals surface area contributed by atoms with Gasteiger partial charge in [0.05, 0.1) is 35.7 Å². The maximum Gasteiger partial charge on any atom is 0.318 e. The zero-order valence-corrected chi connectivity index (χ0v) is 31.1. The van der Waals surface area contributed by atoms with Crippen molar-refractivity contribution < 1.29 is 23.4 Å². The Hall–Kier alpha value is -4.52. The number of carbonyl (C=O) groups is 1. The number of hydrogen-bond donors (Lipinski definition) is 1. The van der Waals surface area contributed by atoms with Gasteiger partial charge in [0, 0.05) is 75.8 Å². The van der Waals surface area contributed by atoms with E-state index in [0.717, 1.165) is 96.7 Å². The number of phenols is 1. The Morgan fingerprint density at radius 3 is 2.77 bits per heavy atom. The number of aromatic nitrogens is 4. The second-order valence-electron chi connectivity index (χ2n) is 15.5. The summed E-state index contributed by atoms with van der Waals surface area (Å²) >= 11 is 0. The molecule has 2 fully saturated rings. The Bertz CT molecular complexity index is 2020. The molecule has 8 rings (SSSR count). The molecule has 2 aromatic heterocycles. The van der Waals surface area contributed by atoms with Crippen LogP contribution in [0.5, 0.6) is 11.8 Å². The van der Waals surface area contributed by atoms with Crippen LogP contribution in [0.25, 0.3) is 10.8 Å². The number of aryl methyl sites for hydroxylation is 3. The first-order valence-electron chi connectivity index (χ1n) is 19.2. The number of carbonyl (C=O) groups excluding carboxylic acids is 1. The maximum absolute atomic E-state index is 15.1. The smallest absolute Gasteiger partial charge is 0.318 e. The minimum Gasteiger partial charge on any atom is -0.508 e. The molecule has 4 aromatic rings. The van der Waals surface area contributed by atoms with Gasteiger partial charge in [-0.25, -0.2) is 8.78 Å². The number of fused-ring (bicyclic) bond motifs is 4. The molecule has 6 heterocycles. The van der Waals surface area contributed by atoms with Crippen LogP contribution in [0, 0.1) is 5.82 Å². The zero-order valence-electron chi connectivity index (χ0n) is 31.1. The van der Waals surface area contributed by atoms with Gasteiger partial charge >= 0.3 is 6.01 Å². The number of aromatic hydroxyl groups is 1. The molecule has 11 nitrogen and oxygen atoms in total. The summed E-state index contributed by atoms with van der Waals surface area (Å²) in [7, 11) is 3.56. The van der Waals surface area contributed by atoms with Crippen LogP contribution in [0.3, 0.4) is 0 Å². The van der Waals surface area contributed by atoms with E-state index in [-0.39, 0.29) is 29.0 Å². The Balaban J connectivity index is 1.12. The molecule has 0 aliphatic carbocycles. The van der Waals surface area contributed by atoms with Crippen LogP contribution >= 0.6 is 0 Å². The summed E-state index contributed by atoms with van der Waals surface area (Å²) in [5.74, 6) is 0.842. The SMILES string of the molecule is CCc1c(F)ccc2cc(O)cc(N3CCc4c(nc(OC[C@@]56CCCN5C[C@H](F)C6)nc4N4CCCn5nc(CCCC(=O)N(C)C)cc5C4)C3)c12. The average molecular weight is 729 g/mol. The minimum absolute atomic E-state index is 0.120. The fourth-order valence-corrected chi connectivity index (χ4v) is 9.11. The van der Waals surface area contributed by atoms with Crippen molar-refractivity contribution in [2.75, 3.05) is 56.7 Å². The molecule has 13 heteroatoms. The van der Waals surface area contributed by atoms with E-state index in [1.165, 1.54) is 6.07 Å². The Morgan fingerprint density at radius 1 is 1.08 bits per heavy atom. The average Bonchev–Trinajstić information content (AvgIpc) is 3.76. The summed E-state index contributed by atoms with van der Waals surface area (Å²) in [6.45, 7) is 6.86. The molecule has 0 unspecified atom stereocenters. The molecule has 1 amide bonds. The maximum atomic E-state index is 15.1. The van der Waals surface area contributed by atoms with Gasteiger partial charge in [0.1, 0.15) is 30.2 Å². The highest BCUT2D eigenvalue weighted by Crippen LogP contribution is 2.42. The highest BCUT2D eigenvalue weighted by molar-refractivity contribution is 5.98. The van der Waals surface area contributed by atoms with E-state index in [4.69, 9.17) is 19.8 Å². The van der Waals surface area contributed by atoms with Crippen molar-refractivity contribution in [3.05, 3.63) is 64.4 Å². The van der Waals surface area contributed by atoms with Crippen LogP contribution in [0.15, 0.2) is 30.3 Å². The molecule has 2 atom stereocenters. The monoisotopic (exact) mass is 728 g/mol. The summed E-state index contributed by atoms with van der Waals surface area (Å²) in [4.78, 5) is 30.6. The topological polar surface area (TPSA) is 103 Å². The van der Waals surface area contributed by atoms with Gasteiger partial charge in [0.25, 0.3) is 0 Å². The number of amides is 1. The lowest BCUT2D eigenvalue weighted by Gasteiger charge is -2.35. The number of benzene rings is 2. The number of nitrogens with zero attached hydrogens (tertiary/aromatic N) is 8. The highest BCUT2D eigenvalue weighted by Gasteiger charge is 2.49. The van der Waals surface area contributed by atoms with E-state index in [1.54, 1.807) is 37.2 Å². The first-order valence-corrected chi connectivity index (χ1v) is 19.2. The lowest BCUT2D eigenvalue weighted by molar-refractivity contribution is -0.128. The molecule has 53 heavy (non-hydrogen) atoms. The number of halogens is 2. The molecule has 0 radical (unpaired) electrons. The number of alkyl halides is 1. The molecule has 4 aliphatic heterocycles. The molecule has 2 aromatic carbocycles. The zero-order chi connectivity index (χ0) is 36.9. The van der Waals surface area contributed by atoms with Crippen LogP contribution in [0.4, 0.5) is 20.3 Å². The standard InChI is InChI=1S/C40H50F2N8O3/c1-4-31-33(42)11-10-26-18-30(51)20-35(37(26)31)47-17-12-32-34(24-47)43-39(53-25-40-13-6-15-49(40)22-27(41)21-40)44-38(32)48-14-7-16-50-29(23-48)19-28(45-50)8-5-9-36(52)46(2)3/h10-11,18-20,27,51H,4-9,12-17,21-25H2,1-3H3/t27-,40+/m1/s1. The van der Waals surface area contributed by atoms with Gasteiger partial charge in [0.2, 0.25) is 5.91 Å². The van der Waals surface area contributed by atoms with E-state index >= 15 is 4.39 Å². The number of anilines is 2. The van der Waals surface area contributed by atoms with E-state index in [2.05, 4.69) is 25.4 Å². The third-order valence-corrected chi connectivity index (χ3v) is 11.8. The van der Waals surface area contributed by atoms with E-state index in [1.807, 2.05) is 6.92 Å². The summed E-state index contributed by atoms with van der Waals surface area (Å²) in [6, 6.07) is 9.07. The predicted octanol–water partition coefficient (Wildman–Crippen LogP) is 5.57.